The quantitative estimate of drug-likeness (QED) is 0.335. The Bertz CT molecular complexity index is 928. The van der Waals surface area contributed by atoms with Crippen LogP contribution in [-0.4, -0.2) is 13.3 Å². The first-order valence-corrected chi connectivity index (χ1v) is 8.76. The molecule has 2 aromatic rings. The number of hydrogen-bond donors (Lipinski definition) is 0. The van der Waals surface area contributed by atoms with Gasteiger partial charge in [-0.05, 0) is 47.7 Å². The summed E-state index contributed by atoms with van der Waals surface area (Å²) in [5.74, 6) is 0.0289. The van der Waals surface area contributed by atoms with Crippen LogP contribution >= 0.6 is 11.6 Å². The van der Waals surface area contributed by atoms with E-state index in [2.05, 4.69) is 11.6 Å². The van der Waals surface area contributed by atoms with Crippen LogP contribution in [0.2, 0.25) is 5.02 Å². The standard InChI is InChI=1S/C22H20ClFN2O/c1-4-6-19(13-25)26-14-15(2)11-17-9-10-20(27-3)21(22(17)24)16-7-5-8-18(23)12-16/h4-10,12,14-15H,1,11H2,2-3H3/b19-6-,26-14?. The van der Waals surface area contributed by atoms with E-state index in [9.17, 15) is 0 Å². The molecule has 0 heterocycles. The molecule has 0 fully saturated rings. The Morgan fingerprint density at radius 3 is 2.81 bits per heavy atom. The van der Waals surface area contributed by atoms with Crippen LogP contribution in [0, 0.1) is 23.1 Å². The van der Waals surface area contributed by atoms with E-state index in [-0.39, 0.29) is 17.4 Å². The van der Waals surface area contributed by atoms with Crippen molar-refractivity contribution in [2.45, 2.75) is 13.3 Å². The molecule has 2 aromatic carbocycles. The first-order chi connectivity index (χ1) is 13.0. The molecule has 0 N–H and O–H groups in total. The first kappa shape index (κ1) is 20.4. The maximum Gasteiger partial charge on any atom is 0.140 e. The van der Waals surface area contributed by atoms with Crippen molar-refractivity contribution in [1.82, 2.24) is 0 Å². The van der Waals surface area contributed by atoms with E-state index in [0.29, 0.717) is 33.9 Å². The lowest BCUT2D eigenvalue weighted by Crippen LogP contribution is -2.05. The predicted octanol–water partition coefficient (Wildman–Crippen LogP) is 6.00. The SMILES string of the molecule is C=C/C=C(/C#N)N=CC(C)Cc1ccc(OC)c(-c2cccc(Cl)c2)c1F. The minimum Gasteiger partial charge on any atom is -0.496 e. The van der Waals surface area contributed by atoms with Gasteiger partial charge in [-0.15, -0.1) is 0 Å². The summed E-state index contributed by atoms with van der Waals surface area (Å²) >= 11 is 6.06. The van der Waals surface area contributed by atoms with Crippen molar-refractivity contribution in [2.24, 2.45) is 10.9 Å². The van der Waals surface area contributed by atoms with Crippen LogP contribution in [0.5, 0.6) is 5.75 Å². The highest BCUT2D eigenvalue weighted by atomic mass is 35.5. The number of rotatable bonds is 7. The molecule has 0 radical (unpaired) electrons. The van der Waals surface area contributed by atoms with Crippen molar-refractivity contribution in [3.05, 3.63) is 77.2 Å². The molecule has 138 valence electrons. The average molecular weight is 383 g/mol. The van der Waals surface area contributed by atoms with Crippen LogP contribution in [0.15, 0.2) is 65.8 Å². The second kappa shape index (κ2) is 9.70. The van der Waals surface area contributed by atoms with E-state index in [1.54, 1.807) is 42.6 Å². The highest BCUT2D eigenvalue weighted by Crippen LogP contribution is 2.36. The molecular formula is C22H20ClFN2O. The van der Waals surface area contributed by atoms with Gasteiger partial charge in [0.25, 0.3) is 0 Å². The molecule has 0 spiro atoms. The molecule has 2 rings (SSSR count). The van der Waals surface area contributed by atoms with Gasteiger partial charge in [-0.3, -0.25) is 0 Å². The van der Waals surface area contributed by atoms with Gasteiger partial charge in [0.05, 0.1) is 12.7 Å². The van der Waals surface area contributed by atoms with Crippen molar-refractivity contribution in [2.75, 3.05) is 7.11 Å². The van der Waals surface area contributed by atoms with Crippen molar-refractivity contribution in [1.29, 1.82) is 5.26 Å². The lowest BCUT2D eigenvalue weighted by molar-refractivity contribution is 0.412. The van der Waals surface area contributed by atoms with Crippen molar-refractivity contribution >= 4 is 17.8 Å². The second-order valence-corrected chi connectivity index (χ2v) is 6.42. The van der Waals surface area contributed by atoms with Crippen LogP contribution in [0.1, 0.15) is 12.5 Å². The molecule has 3 nitrogen and oxygen atoms in total. The van der Waals surface area contributed by atoms with Gasteiger partial charge in [-0.25, -0.2) is 9.38 Å². The van der Waals surface area contributed by atoms with Crippen LogP contribution in [0.4, 0.5) is 4.39 Å². The third kappa shape index (κ3) is 5.29. The zero-order valence-electron chi connectivity index (χ0n) is 15.2. The maximum atomic E-state index is 15.2. The second-order valence-electron chi connectivity index (χ2n) is 5.99. The van der Waals surface area contributed by atoms with Crippen molar-refractivity contribution < 1.29 is 9.13 Å². The smallest absolute Gasteiger partial charge is 0.140 e. The number of allylic oxidation sites excluding steroid dienone is 3. The lowest BCUT2D eigenvalue weighted by atomic mass is 9.95. The summed E-state index contributed by atoms with van der Waals surface area (Å²) in [6.07, 6.45) is 5.09. The Kier molecular flexibility index (Phi) is 7.34. The molecule has 0 aromatic heterocycles. The monoisotopic (exact) mass is 382 g/mol. The molecule has 0 saturated heterocycles. The summed E-state index contributed by atoms with van der Waals surface area (Å²) in [7, 11) is 1.51. The molecule has 0 amide bonds. The van der Waals surface area contributed by atoms with Crippen LogP contribution < -0.4 is 4.74 Å². The lowest BCUT2D eigenvalue weighted by Gasteiger charge is -2.15. The third-order valence-corrected chi connectivity index (χ3v) is 4.15. The maximum absolute atomic E-state index is 15.2. The Morgan fingerprint density at radius 1 is 1.41 bits per heavy atom. The highest BCUT2D eigenvalue weighted by molar-refractivity contribution is 6.30. The van der Waals surface area contributed by atoms with Gasteiger partial charge in [-0.2, -0.15) is 5.26 Å². The Labute approximate surface area is 164 Å². The molecule has 27 heavy (non-hydrogen) atoms. The number of ether oxygens (including phenoxy) is 1. The van der Waals surface area contributed by atoms with Gasteiger partial charge in [0, 0.05) is 11.2 Å². The molecule has 5 heteroatoms. The third-order valence-electron chi connectivity index (χ3n) is 3.92. The summed E-state index contributed by atoms with van der Waals surface area (Å²) in [6, 6.07) is 12.4. The number of halogens is 2. The van der Waals surface area contributed by atoms with E-state index >= 15 is 4.39 Å². The van der Waals surface area contributed by atoms with Gasteiger partial charge in [0.1, 0.15) is 23.3 Å². The predicted molar refractivity (Wildman–Crippen MR) is 109 cm³/mol. The molecule has 0 bridgehead atoms. The molecule has 1 unspecified atom stereocenters. The average Bonchev–Trinajstić information content (AvgIpc) is 2.66. The summed E-state index contributed by atoms with van der Waals surface area (Å²) in [4.78, 5) is 4.12. The topological polar surface area (TPSA) is 45.4 Å². The van der Waals surface area contributed by atoms with E-state index in [1.165, 1.54) is 19.3 Å². The van der Waals surface area contributed by atoms with E-state index in [0.717, 1.165) is 0 Å². The van der Waals surface area contributed by atoms with Crippen molar-refractivity contribution in [3.63, 3.8) is 0 Å². The Balaban J connectivity index is 2.35. The highest BCUT2D eigenvalue weighted by Gasteiger charge is 2.17. The number of nitrogens with zero attached hydrogens (tertiary/aromatic N) is 2. The van der Waals surface area contributed by atoms with Crippen molar-refractivity contribution in [3.8, 4) is 22.9 Å². The minimum absolute atomic E-state index is 0.0679. The van der Waals surface area contributed by atoms with Gasteiger partial charge < -0.3 is 4.74 Å². The number of benzene rings is 2. The van der Waals surface area contributed by atoms with Gasteiger partial charge >= 0.3 is 0 Å². The molecule has 0 aliphatic heterocycles. The summed E-state index contributed by atoms with van der Waals surface area (Å²) in [5.41, 5.74) is 1.83. The van der Waals surface area contributed by atoms with E-state index in [4.69, 9.17) is 21.6 Å². The van der Waals surface area contributed by atoms with Gasteiger partial charge in [-0.1, -0.05) is 49.4 Å². The number of hydrogen-bond acceptors (Lipinski definition) is 3. The van der Waals surface area contributed by atoms with Crippen LogP contribution in [-0.2, 0) is 6.42 Å². The Morgan fingerprint density at radius 2 is 2.19 bits per heavy atom. The Hall–Kier alpha value is -2.90. The zero-order chi connectivity index (χ0) is 19.8. The molecule has 0 saturated carbocycles. The summed E-state index contributed by atoms with van der Waals surface area (Å²) < 4.78 is 20.6. The number of methoxy groups -OCH3 is 1. The largest absolute Gasteiger partial charge is 0.496 e. The minimum atomic E-state index is -0.348. The molecule has 0 aliphatic carbocycles. The fourth-order valence-electron chi connectivity index (χ4n) is 2.67. The normalized spacial score (nSPS) is 12.6. The zero-order valence-corrected chi connectivity index (χ0v) is 16.0. The van der Waals surface area contributed by atoms with Gasteiger partial charge in [0.2, 0.25) is 0 Å². The molecular weight excluding hydrogens is 363 g/mol. The van der Waals surface area contributed by atoms with Crippen LogP contribution in [0.25, 0.3) is 11.1 Å². The van der Waals surface area contributed by atoms with Gasteiger partial charge in [0.15, 0.2) is 0 Å². The first-order valence-electron chi connectivity index (χ1n) is 8.38. The van der Waals surface area contributed by atoms with E-state index < -0.39 is 0 Å². The van der Waals surface area contributed by atoms with Crippen LogP contribution in [0.3, 0.4) is 0 Å². The molecule has 1 atom stereocenters. The number of nitriles is 1. The fourth-order valence-corrected chi connectivity index (χ4v) is 2.86. The fraction of sp³-hybridized carbons (Fsp3) is 0.182. The summed E-state index contributed by atoms with van der Waals surface area (Å²) in [6.45, 7) is 5.46. The van der Waals surface area contributed by atoms with E-state index in [1.807, 2.05) is 13.0 Å². The number of aliphatic imine (C=N–C) groups is 1. The molecule has 0 aliphatic rings. The summed E-state index contributed by atoms with van der Waals surface area (Å²) in [5, 5.41) is 9.51.